The second kappa shape index (κ2) is 6.35. The standard InChI is InChI=1S/C10H23NO2/c1-4-6-11(7-5-2)10(3,8-12)9-13/h12-13H,4-9H2,1-3H3. The Hall–Kier alpha value is -0.120. The molecule has 0 bridgehead atoms. The summed E-state index contributed by atoms with van der Waals surface area (Å²) < 4.78 is 0. The number of rotatable bonds is 7. The second-order valence-electron chi connectivity index (χ2n) is 3.80. The molecule has 0 aliphatic carbocycles. The Bertz CT molecular complexity index is 118. The lowest BCUT2D eigenvalue weighted by Crippen LogP contribution is -2.52. The Balaban J connectivity index is 4.28. The van der Waals surface area contributed by atoms with Gasteiger partial charge in [0.1, 0.15) is 0 Å². The van der Waals surface area contributed by atoms with Crippen LogP contribution in [0, 0.1) is 0 Å². The average molecular weight is 189 g/mol. The van der Waals surface area contributed by atoms with E-state index in [0.29, 0.717) is 0 Å². The van der Waals surface area contributed by atoms with E-state index in [4.69, 9.17) is 0 Å². The van der Waals surface area contributed by atoms with Gasteiger partial charge < -0.3 is 10.2 Å². The number of aliphatic hydroxyl groups is 2. The van der Waals surface area contributed by atoms with E-state index < -0.39 is 5.54 Å². The molecule has 3 nitrogen and oxygen atoms in total. The van der Waals surface area contributed by atoms with Crippen molar-refractivity contribution in [3.8, 4) is 0 Å². The predicted octanol–water partition coefficient (Wildman–Crippen LogP) is 0.852. The third-order valence-electron chi connectivity index (χ3n) is 2.43. The minimum Gasteiger partial charge on any atom is -0.394 e. The van der Waals surface area contributed by atoms with Gasteiger partial charge in [-0.15, -0.1) is 0 Å². The highest BCUT2D eigenvalue weighted by molar-refractivity contribution is 4.84. The zero-order valence-corrected chi connectivity index (χ0v) is 9.08. The smallest absolute Gasteiger partial charge is 0.0644 e. The molecular formula is C10H23NO2. The van der Waals surface area contributed by atoms with Crippen molar-refractivity contribution >= 4 is 0 Å². The Morgan fingerprint density at radius 2 is 1.38 bits per heavy atom. The van der Waals surface area contributed by atoms with E-state index >= 15 is 0 Å². The van der Waals surface area contributed by atoms with Gasteiger partial charge in [-0.3, -0.25) is 4.90 Å². The molecule has 0 spiro atoms. The maximum Gasteiger partial charge on any atom is 0.0644 e. The van der Waals surface area contributed by atoms with Gasteiger partial charge in [-0.25, -0.2) is 0 Å². The molecule has 0 radical (unpaired) electrons. The zero-order valence-electron chi connectivity index (χ0n) is 9.08. The second-order valence-corrected chi connectivity index (χ2v) is 3.80. The highest BCUT2D eigenvalue weighted by atomic mass is 16.3. The third kappa shape index (κ3) is 3.63. The van der Waals surface area contributed by atoms with Crippen LogP contribution in [0.25, 0.3) is 0 Å². The van der Waals surface area contributed by atoms with Crippen LogP contribution < -0.4 is 0 Å². The summed E-state index contributed by atoms with van der Waals surface area (Å²) in [5.41, 5.74) is -0.452. The lowest BCUT2D eigenvalue weighted by Gasteiger charge is -2.38. The Kier molecular flexibility index (Phi) is 6.29. The van der Waals surface area contributed by atoms with Crippen LogP contribution >= 0.6 is 0 Å². The molecule has 0 amide bonds. The van der Waals surface area contributed by atoms with Gasteiger partial charge in [-0.1, -0.05) is 13.8 Å². The topological polar surface area (TPSA) is 43.7 Å². The molecule has 0 heterocycles. The van der Waals surface area contributed by atoms with Gasteiger partial charge in [0.15, 0.2) is 0 Å². The van der Waals surface area contributed by atoms with Crippen LogP contribution in [0.5, 0.6) is 0 Å². The summed E-state index contributed by atoms with van der Waals surface area (Å²) in [4.78, 5) is 2.16. The molecule has 0 saturated heterocycles. The summed E-state index contributed by atoms with van der Waals surface area (Å²) in [6.07, 6.45) is 2.10. The van der Waals surface area contributed by atoms with Crippen molar-refractivity contribution in [1.29, 1.82) is 0 Å². The largest absolute Gasteiger partial charge is 0.394 e. The molecule has 3 heteroatoms. The molecule has 80 valence electrons. The summed E-state index contributed by atoms with van der Waals surface area (Å²) in [6.45, 7) is 8.03. The van der Waals surface area contributed by atoms with Crippen molar-refractivity contribution in [2.45, 2.75) is 39.2 Å². The summed E-state index contributed by atoms with van der Waals surface area (Å²) >= 11 is 0. The minimum absolute atomic E-state index is 0.0174. The van der Waals surface area contributed by atoms with Gasteiger partial charge in [-0.2, -0.15) is 0 Å². The van der Waals surface area contributed by atoms with Gasteiger partial charge in [0.25, 0.3) is 0 Å². The average Bonchev–Trinajstić information content (AvgIpc) is 2.16. The molecule has 0 rings (SSSR count). The predicted molar refractivity (Wildman–Crippen MR) is 54.7 cm³/mol. The van der Waals surface area contributed by atoms with Crippen molar-refractivity contribution in [3.05, 3.63) is 0 Å². The minimum atomic E-state index is -0.452. The molecule has 0 fully saturated rings. The molecule has 13 heavy (non-hydrogen) atoms. The zero-order chi connectivity index (χ0) is 10.3. The van der Waals surface area contributed by atoms with Crippen LogP contribution in [0.2, 0.25) is 0 Å². The summed E-state index contributed by atoms with van der Waals surface area (Å²) in [7, 11) is 0. The monoisotopic (exact) mass is 189 g/mol. The first kappa shape index (κ1) is 12.9. The highest BCUT2D eigenvalue weighted by Crippen LogP contribution is 2.14. The maximum atomic E-state index is 9.21. The molecule has 0 saturated carbocycles. The van der Waals surface area contributed by atoms with Crippen LogP contribution in [-0.2, 0) is 0 Å². The van der Waals surface area contributed by atoms with Crippen molar-refractivity contribution in [3.63, 3.8) is 0 Å². The lowest BCUT2D eigenvalue weighted by molar-refractivity contribution is -0.000703. The van der Waals surface area contributed by atoms with Crippen LogP contribution in [0.4, 0.5) is 0 Å². The molecule has 0 aromatic rings. The fraction of sp³-hybridized carbons (Fsp3) is 1.00. The molecule has 0 unspecified atom stereocenters. The van der Waals surface area contributed by atoms with E-state index in [2.05, 4.69) is 18.7 Å². The highest BCUT2D eigenvalue weighted by Gasteiger charge is 2.29. The van der Waals surface area contributed by atoms with Crippen LogP contribution in [0.15, 0.2) is 0 Å². The van der Waals surface area contributed by atoms with Crippen LogP contribution in [0.3, 0.4) is 0 Å². The van der Waals surface area contributed by atoms with Gasteiger partial charge in [0.2, 0.25) is 0 Å². The van der Waals surface area contributed by atoms with E-state index in [1.807, 2.05) is 6.92 Å². The summed E-state index contributed by atoms with van der Waals surface area (Å²) in [5, 5.41) is 18.4. The van der Waals surface area contributed by atoms with Crippen molar-refractivity contribution in [1.82, 2.24) is 4.90 Å². The van der Waals surface area contributed by atoms with Crippen molar-refractivity contribution < 1.29 is 10.2 Å². The molecule has 0 aromatic heterocycles. The van der Waals surface area contributed by atoms with Gasteiger partial charge in [-0.05, 0) is 32.9 Å². The lowest BCUT2D eigenvalue weighted by atomic mass is 10.0. The number of hydrogen-bond donors (Lipinski definition) is 2. The first-order valence-electron chi connectivity index (χ1n) is 5.11. The number of hydrogen-bond acceptors (Lipinski definition) is 3. The van der Waals surface area contributed by atoms with Crippen LogP contribution in [0.1, 0.15) is 33.6 Å². The van der Waals surface area contributed by atoms with Gasteiger partial charge in [0, 0.05) is 0 Å². The molecule has 0 aliphatic heterocycles. The van der Waals surface area contributed by atoms with E-state index in [9.17, 15) is 10.2 Å². The Morgan fingerprint density at radius 3 is 1.62 bits per heavy atom. The van der Waals surface area contributed by atoms with E-state index in [1.165, 1.54) is 0 Å². The first-order valence-corrected chi connectivity index (χ1v) is 5.11. The normalized spacial score (nSPS) is 12.5. The fourth-order valence-electron chi connectivity index (χ4n) is 1.44. The maximum absolute atomic E-state index is 9.21. The van der Waals surface area contributed by atoms with E-state index in [-0.39, 0.29) is 13.2 Å². The Morgan fingerprint density at radius 1 is 1.00 bits per heavy atom. The van der Waals surface area contributed by atoms with E-state index in [0.717, 1.165) is 25.9 Å². The summed E-state index contributed by atoms with van der Waals surface area (Å²) in [5.74, 6) is 0. The van der Waals surface area contributed by atoms with Gasteiger partial charge in [0.05, 0.1) is 18.8 Å². The molecule has 0 aromatic carbocycles. The SMILES string of the molecule is CCCN(CCC)C(C)(CO)CO. The third-order valence-corrected chi connectivity index (χ3v) is 2.43. The Labute approximate surface area is 81.4 Å². The van der Waals surface area contributed by atoms with Crippen LogP contribution in [-0.4, -0.2) is 47.0 Å². The van der Waals surface area contributed by atoms with Crippen molar-refractivity contribution in [2.24, 2.45) is 0 Å². The number of nitrogens with zero attached hydrogens (tertiary/aromatic N) is 1. The van der Waals surface area contributed by atoms with E-state index in [1.54, 1.807) is 0 Å². The molecule has 0 atom stereocenters. The quantitative estimate of drug-likeness (QED) is 0.624. The molecular weight excluding hydrogens is 166 g/mol. The summed E-state index contributed by atoms with van der Waals surface area (Å²) in [6, 6.07) is 0. The van der Waals surface area contributed by atoms with Gasteiger partial charge >= 0.3 is 0 Å². The van der Waals surface area contributed by atoms with Crippen molar-refractivity contribution in [2.75, 3.05) is 26.3 Å². The fourth-order valence-corrected chi connectivity index (χ4v) is 1.44. The number of aliphatic hydroxyl groups excluding tert-OH is 2. The first-order chi connectivity index (χ1) is 6.14. The molecule has 0 aliphatic rings. The molecule has 2 N–H and O–H groups in total.